The summed E-state index contributed by atoms with van der Waals surface area (Å²) in [6.07, 6.45) is 2.30. The molecule has 0 saturated heterocycles. The summed E-state index contributed by atoms with van der Waals surface area (Å²) in [4.78, 5) is 23.8. The largest absolute Gasteiger partial charge is 0.490 e. The highest BCUT2D eigenvalue weighted by molar-refractivity contribution is 6.41. The molecule has 0 fully saturated rings. The zero-order valence-electron chi connectivity index (χ0n) is 15.7. The van der Waals surface area contributed by atoms with Crippen molar-refractivity contribution < 1.29 is 19.1 Å². The lowest BCUT2D eigenvalue weighted by Gasteiger charge is -2.11. The monoisotopic (exact) mass is 403 g/mol. The number of nitrogens with zero attached hydrogens (tertiary/aromatic N) is 1. The zero-order chi connectivity index (χ0) is 20.4. The molecule has 0 atom stereocenters. The Bertz CT molecular complexity index is 855. The highest BCUT2D eigenvalue weighted by Gasteiger charge is 2.14. The number of halogens is 1. The van der Waals surface area contributed by atoms with Gasteiger partial charge in [-0.05, 0) is 49.2 Å². The number of nitrogens with one attached hydrogen (secondary N) is 2. The van der Waals surface area contributed by atoms with Gasteiger partial charge in [0.05, 0.1) is 30.1 Å². The van der Waals surface area contributed by atoms with E-state index < -0.39 is 11.8 Å². The van der Waals surface area contributed by atoms with Gasteiger partial charge in [0.15, 0.2) is 11.5 Å². The molecule has 2 N–H and O–H groups in total. The molecule has 0 aliphatic heterocycles. The van der Waals surface area contributed by atoms with Gasteiger partial charge in [0.2, 0.25) is 0 Å². The minimum Gasteiger partial charge on any atom is -0.490 e. The molecule has 8 heteroatoms. The van der Waals surface area contributed by atoms with E-state index in [2.05, 4.69) is 15.8 Å². The van der Waals surface area contributed by atoms with E-state index in [0.717, 1.165) is 6.42 Å². The molecule has 2 aromatic rings. The molecule has 28 heavy (non-hydrogen) atoms. The quantitative estimate of drug-likeness (QED) is 0.400. The van der Waals surface area contributed by atoms with Crippen molar-refractivity contribution in [1.82, 2.24) is 5.43 Å². The molecular weight excluding hydrogens is 382 g/mol. The normalized spacial score (nSPS) is 10.5. The van der Waals surface area contributed by atoms with Crippen molar-refractivity contribution in [3.63, 3.8) is 0 Å². The van der Waals surface area contributed by atoms with Crippen LogP contribution in [0.1, 0.15) is 25.8 Å². The highest BCUT2D eigenvalue weighted by Crippen LogP contribution is 2.28. The Hall–Kier alpha value is -3.06. The maximum absolute atomic E-state index is 11.9. The molecule has 0 aliphatic rings. The Morgan fingerprint density at radius 3 is 2.57 bits per heavy atom. The van der Waals surface area contributed by atoms with Gasteiger partial charge >= 0.3 is 11.8 Å². The van der Waals surface area contributed by atoms with Crippen LogP contribution in [0.4, 0.5) is 5.69 Å². The molecule has 0 saturated carbocycles. The average Bonchev–Trinajstić information content (AvgIpc) is 2.69. The van der Waals surface area contributed by atoms with Crippen molar-refractivity contribution in [2.45, 2.75) is 20.3 Å². The fraction of sp³-hybridized carbons (Fsp3) is 0.250. The third-order valence-corrected chi connectivity index (χ3v) is 3.77. The van der Waals surface area contributed by atoms with Crippen molar-refractivity contribution in [3.05, 3.63) is 53.1 Å². The minimum absolute atomic E-state index is 0.334. The lowest BCUT2D eigenvalue weighted by Crippen LogP contribution is -2.32. The maximum Gasteiger partial charge on any atom is 0.329 e. The highest BCUT2D eigenvalue weighted by atomic mass is 35.5. The second-order valence-corrected chi connectivity index (χ2v) is 6.03. The minimum atomic E-state index is -0.913. The zero-order valence-corrected chi connectivity index (χ0v) is 16.5. The third-order valence-electron chi connectivity index (χ3n) is 3.44. The number of anilines is 1. The summed E-state index contributed by atoms with van der Waals surface area (Å²) in [5, 5.41) is 6.56. The topological polar surface area (TPSA) is 89.0 Å². The van der Waals surface area contributed by atoms with Gasteiger partial charge in [0.1, 0.15) is 0 Å². The molecule has 0 unspecified atom stereocenters. The lowest BCUT2D eigenvalue weighted by atomic mass is 10.2. The van der Waals surface area contributed by atoms with E-state index in [4.69, 9.17) is 21.1 Å². The molecule has 0 bridgehead atoms. The van der Waals surface area contributed by atoms with Crippen LogP contribution < -0.4 is 20.2 Å². The van der Waals surface area contributed by atoms with Gasteiger partial charge in [0.25, 0.3) is 0 Å². The number of ether oxygens (including phenoxy) is 2. The summed E-state index contributed by atoms with van der Waals surface area (Å²) in [5.74, 6) is -0.556. The second kappa shape index (κ2) is 10.9. The van der Waals surface area contributed by atoms with Gasteiger partial charge < -0.3 is 14.8 Å². The van der Waals surface area contributed by atoms with E-state index in [0.29, 0.717) is 41.0 Å². The lowest BCUT2D eigenvalue weighted by molar-refractivity contribution is -0.136. The van der Waals surface area contributed by atoms with Gasteiger partial charge in [0, 0.05) is 0 Å². The Morgan fingerprint density at radius 1 is 1.07 bits per heavy atom. The molecule has 0 heterocycles. The molecule has 0 aromatic heterocycles. The molecule has 0 spiro atoms. The summed E-state index contributed by atoms with van der Waals surface area (Å²) in [6.45, 7) is 4.97. The molecule has 0 aliphatic carbocycles. The summed E-state index contributed by atoms with van der Waals surface area (Å²) >= 11 is 5.94. The van der Waals surface area contributed by atoms with Gasteiger partial charge in [-0.15, -0.1) is 0 Å². The predicted molar refractivity (Wildman–Crippen MR) is 109 cm³/mol. The van der Waals surface area contributed by atoms with Crippen LogP contribution >= 0.6 is 11.6 Å². The van der Waals surface area contributed by atoms with E-state index in [1.807, 2.05) is 13.8 Å². The number of hydrazone groups is 1. The second-order valence-electron chi connectivity index (χ2n) is 5.62. The van der Waals surface area contributed by atoms with Crippen LogP contribution in [0, 0.1) is 0 Å². The maximum atomic E-state index is 11.9. The predicted octanol–water partition coefficient (Wildman–Crippen LogP) is 3.62. The smallest absolute Gasteiger partial charge is 0.329 e. The number of amides is 2. The van der Waals surface area contributed by atoms with E-state index in [1.54, 1.807) is 42.5 Å². The first-order chi connectivity index (χ1) is 13.5. The van der Waals surface area contributed by atoms with Crippen molar-refractivity contribution in [1.29, 1.82) is 0 Å². The summed E-state index contributed by atoms with van der Waals surface area (Å²) in [7, 11) is 0. The SMILES string of the molecule is CCCOc1ccc(/C=N\NC(=O)C(=O)Nc2ccccc2Cl)cc1OCC. The number of hydrogen-bond donors (Lipinski definition) is 2. The van der Waals surface area contributed by atoms with Gasteiger partial charge in [-0.3, -0.25) is 9.59 Å². The number of carbonyl (C=O) groups is 2. The number of hydrogen-bond acceptors (Lipinski definition) is 5. The molecule has 0 radical (unpaired) electrons. The van der Waals surface area contributed by atoms with Crippen LogP contribution in [0.15, 0.2) is 47.6 Å². The molecule has 7 nitrogen and oxygen atoms in total. The van der Waals surface area contributed by atoms with E-state index in [1.165, 1.54) is 6.21 Å². The summed E-state index contributed by atoms with van der Waals surface area (Å²) < 4.78 is 11.2. The van der Waals surface area contributed by atoms with Crippen LogP contribution in [0.25, 0.3) is 0 Å². The van der Waals surface area contributed by atoms with Crippen molar-refractivity contribution in [2.75, 3.05) is 18.5 Å². The Morgan fingerprint density at radius 2 is 1.86 bits per heavy atom. The third kappa shape index (κ3) is 6.28. The first-order valence-corrected chi connectivity index (χ1v) is 9.21. The Balaban J connectivity index is 1.97. The van der Waals surface area contributed by atoms with Crippen LogP contribution in [-0.2, 0) is 9.59 Å². The van der Waals surface area contributed by atoms with Gasteiger partial charge in [-0.25, -0.2) is 5.43 Å². The van der Waals surface area contributed by atoms with Gasteiger partial charge in [-0.1, -0.05) is 30.7 Å². The van der Waals surface area contributed by atoms with Crippen molar-refractivity contribution in [2.24, 2.45) is 5.10 Å². The molecule has 148 valence electrons. The molecule has 2 rings (SSSR count). The van der Waals surface area contributed by atoms with Gasteiger partial charge in [-0.2, -0.15) is 5.10 Å². The van der Waals surface area contributed by atoms with Crippen LogP contribution in [0.3, 0.4) is 0 Å². The Labute approximate surface area is 168 Å². The first-order valence-electron chi connectivity index (χ1n) is 8.83. The molecule has 2 aromatic carbocycles. The average molecular weight is 404 g/mol. The summed E-state index contributed by atoms with van der Waals surface area (Å²) in [6, 6.07) is 11.9. The van der Waals surface area contributed by atoms with E-state index in [-0.39, 0.29) is 0 Å². The standard InChI is InChI=1S/C20H22ClN3O4/c1-3-11-28-17-10-9-14(12-18(17)27-4-2)13-22-24-20(26)19(25)23-16-8-6-5-7-15(16)21/h5-10,12-13H,3-4,11H2,1-2H3,(H,23,25)(H,24,26)/b22-13-. The van der Waals surface area contributed by atoms with Crippen molar-refractivity contribution >= 4 is 35.3 Å². The first kappa shape index (κ1) is 21.2. The fourth-order valence-electron chi connectivity index (χ4n) is 2.16. The van der Waals surface area contributed by atoms with Crippen LogP contribution in [0.5, 0.6) is 11.5 Å². The van der Waals surface area contributed by atoms with Crippen LogP contribution in [-0.4, -0.2) is 31.2 Å². The summed E-state index contributed by atoms with van der Waals surface area (Å²) in [5.41, 5.74) is 3.20. The van der Waals surface area contributed by atoms with E-state index >= 15 is 0 Å². The number of benzene rings is 2. The fourth-order valence-corrected chi connectivity index (χ4v) is 2.35. The molecular formula is C20H22ClN3O4. The number of carbonyl (C=O) groups excluding carboxylic acids is 2. The van der Waals surface area contributed by atoms with E-state index in [9.17, 15) is 9.59 Å². The Kier molecular flexibility index (Phi) is 8.30. The number of rotatable bonds is 8. The van der Waals surface area contributed by atoms with Crippen LogP contribution in [0.2, 0.25) is 5.02 Å². The molecule has 2 amide bonds. The number of para-hydroxylation sites is 1. The van der Waals surface area contributed by atoms with Crippen molar-refractivity contribution in [3.8, 4) is 11.5 Å².